The molecule has 7 heteroatoms. The Morgan fingerprint density at radius 1 is 1.30 bits per heavy atom. The summed E-state index contributed by atoms with van der Waals surface area (Å²) in [7, 11) is 0. The van der Waals surface area contributed by atoms with Gasteiger partial charge >= 0.3 is 6.03 Å². The van der Waals surface area contributed by atoms with Crippen LogP contribution in [0, 0.1) is 0 Å². The van der Waals surface area contributed by atoms with Crippen LogP contribution in [0.2, 0.25) is 0 Å². The quantitative estimate of drug-likeness (QED) is 0.664. The predicted molar refractivity (Wildman–Crippen MR) is 84.0 cm³/mol. The summed E-state index contributed by atoms with van der Waals surface area (Å²) in [5, 5.41) is 5.37. The Morgan fingerprint density at radius 3 is 2.35 bits per heavy atom. The fraction of sp³-hybridized carbons (Fsp3) is 0.231. The van der Waals surface area contributed by atoms with Gasteiger partial charge in [0.15, 0.2) is 5.78 Å². The molecule has 0 fully saturated rings. The van der Waals surface area contributed by atoms with Gasteiger partial charge in [0.2, 0.25) is 0 Å². The molecule has 1 aliphatic rings. The number of benzene rings is 1. The summed E-state index contributed by atoms with van der Waals surface area (Å²) >= 11 is 6.73. The number of carbonyl (C=O) groups excluding carboxylic acids is 2. The summed E-state index contributed by atoms with van der Waals surface area (Å²) in [5.41, 5.74) is 8.30. The molecule has 1 atom stereocenters. The molecule has 0 aromatic heterocycles. The van der Waals surface area contributed by atoms with Crippen LogP contribution >= 0.6 is 31.9 Å². The van der Waals surface area contributed by atoms with E-state index >= 15 is 0 Å². The van der Waals surface area contributed by atoms with Crippen LogP contribution in [0.5, 0.6) is 0 Å². The number of amides is 2. The number of Topliss-reactive ketones (excluding diaryl/α,β-unsaturated/α-hetero) is 1. The van der Waals surface area contributed by atoms with E-state index in [1.54, 1.807) is 19.1 Å². The average molecular weight is 403 g/mol. The summed E-state index contributed by atoms with van der Waals surface area (Å²) in [5.74, 6) is -0.0935. The second-order valence-corrected chi connectivity index (χ2v) is 6.23. The van der Waals surface area contributed by atoms with E-state index in [0.717, 1.165) is 5.56 Å². The van der Waals surface area contributed by atoms with Crippen LogP contribution in [0.15, 0.2) is 32.3 Å². The zero-order valence-corrected chi connectivity index (χ0v) is 14.1. The number of hydrogen-bond acceptors (Lipinski definition) is 3. The smallest absolute Gasteiger partial charge is 0.319 e. The Hall–Kier alpha value is -1.34. The van der Waals surface area contributed by atoms with Crippen molar-refractivity contribution in [3.63, 3.8) is 0 Å². The molecular weight excluding hydrogens is 390 g/mol. The first-order valence-electron chi connectivity index (χ1n) is 5.85. The summed E-state index contributed by atoms with van der Waals surface area (Å²) in [6.45, 7) is 3.19. The minimum Gasteiger partial charge on any atom is -0.397 e. The van der Waals surface area contributed by atoms with Gasteiger partial charge in [-0.3, -0.25) is 4.79 Å². The van der Waals surface area contributed by atoms with Gasteiger partial charge in [0, 0.05) is 20.2 Å². The Morgan fingerprint density at radius 2 is 1.85 bits per heavy atom. The number of urea groups is 1. The van der Waals surface area contributed by atoms with Crippen molar-refractivity contribution < 1.29 is 9.59 Å². The van der Waals surface area contributed by atoms with Crippen molar-refractivity contribution in [2.75, 3.05) is 5.73 Å². The Kier molecular flexibility index (Phi) is 4.19. The topological polar surface area (TPSA) is 84.2 Å². The summed E-state index contributed by atoms with van der Waals surface area (Å²) in [6.07, 6.45) is 0. The van der Waals surface area contributed by atoms with Crippen molar-refractivity contribution in [1.82, 2.24) is 10.6 Å². The molecule has 1 unspecified atom stereocenters. The molecule has 0 bridgehead atoms. The maximum atomic E-state index is 11.8. The fourth-order valence-corrected chi connectivity index (χ4v) is 3.40. The van der Waals surface area contributed by atoms with E-state index < -0.39 is 6.04 Å². The van der Waals surface area contributed by atoms with E-state index in [0.29, 0.717) is 25.9 Å². The third-order valence-corrected chi connectivity index (χ3v) is 4.40. The second-order valence-electron chi connectivity index (χ2n) is 4.52. The predicted octanol–water partition coefficient (Wildman–Crippen LogP) is 3.01. The lowest BCUT2D eigenvalue weighted by molar-refractivity contribution is -0.114. The lowest BCUT2D eigenvalue weighted by Crippen LogP contribution is -2.44. The van der Waals surface area contributed by atoms with Crippen molar-refractivity contribution in [3.05, 3.63) is 37.9 Å². The van der Waals surface area contributed by atoms with Crippen molar-refractivity contribution in [2.45, 2.75) is 19.9 Å². The van der Waals surface area contributed by atoms with Crippen LogP contribution in [-0.4, -0.2) is 11.8 Å². The number of anilines is 1. The Bertz CT molecular complexity index is 617. The normalized spacial score (nSPS) is 18.6. The SMILES string of the molecule is CC(=O)C1=C(C)NC(=O)NC1c1cc(Br)c(N)c(Br)c1. The average Bonchev–Trinajstić information content (AvgIpc) is 2.33. The van der Waals surface area contributed by atoms with E-state index in [1.807, 2.05) is 0 Å². The summed E-state index contributed by atoms with van der Waals surface area (Å²) in [4.78, 5) is 23.5. The number of carbonyl (C=O) groups is 2. The molecular formula is C13H13Br2N3O2. The molecule has 1 aromatic rings. The van der Waals surface area contributed by atoms with Crippen molar-refractivity contribution in [2.24, 2.45) is 0 Å². The highest BCUT2D eigenvalue weighted by Gasteiger charge is 2.29. The molecule has 2 rings (SSSR count). The highest BCUT2D eigenvalue weighted by molar-refractivity contribution is 9.11. The van der Waals surface area contributed by atoms with E-state index in [2.05, 4.69) is 42.5 Å². The van der Waals surface area contributed by atoms with Crippen LogP contribution in [0.25, 0.3) is 0 Å². The first-order chi connectivity index (χ1) is 9.31. The molecule has 5 nitrogen and oxygen atoms in total. The van der Waals surface area contributed by atoms with Gasteiger partial charge in [0.25, 0.3) is 0 Å². The molecule has 0 saturated heterocycles. The third-order valence-electron chi connectivity index (χ3n) is 3.08. The number of rotatable bonds is 2. The molecule has 1 heterocycles. The molecule has 2 amide bonds. The van der Waals surface area contributed by atoms with Gasteiger partial charge in [0.1, 0.15) is 0 Å². The van der Waals surface area contributed by atoms with Crippen LogP contribution in [-0.2, 0) is 4.79 Å². The number of hydrogen-bond donors (Lipinski definition) is 3. The van der Waals surface area contributed by atoms with Gasteiger partial charge in [-0.1, -0.05) is 0 Å². The highest BCUT2D eigenvalue weighted by atomic mass is 79.9. The number of nitrogen functional groups attached to an aromatic ring is 1. The van der Waals surface area contributed by atoms with E-state index in [9.17, 15) is 9.59 Å². The maximum Gasteiger partial charge on any atom is 0.319 e. The molecule has 4 N–H and O–H groups in total. The number of ketones is 1. The van der Waals surface area contributed by atoms with Crippen LogP contribution < -0.4 is 16.4 Å². The Balaban J connectivity index is 2.57. The minimum atomic E-state index is -0.491. The Labute approximate surface area is 133 Å². The molecule has 1 aliphatic heterocycles. The van der Waals surface area contributed by atoms with E-state index in [4.69, 9.17) is 5.73 Å². The molecule has 0 aliphatic carbocycles. The molecule has 106 valence electrons. The first kappa shape index (κ1) is 15.1. The standard InChI is InChI=1S/C13H13Br2N3O2/c1-5-10(6(2)19)12(18-13(20)17-5)7-3-8(14)11(16)9(15)4-7/h3-4,12H,16H2,1-2H3,(H2,17,18,20). The highest BCUT2D eigenvalue weighted by Crippen LogP contribution is 2.35. The number of allylic oxidation sites excluding steroid dienone is 1. The summed E-state index contributed by atoms with van der Waals surface area (Å²) < 4.78 is 1.41. The first-order valence-corrected chi connectivity index (χ1v) is 7.43. The second kappa shape index (κ2) is 5.57. The number of halogens is 2. The van der Waals surface area contributed by atoms with Gasteiger partial charge in [-0.2, -0.15) is 0 Å². The van der Waals surface area contributed by atoms with Gasteiger partial charge in [0.05, 0.1) is 11.7 Å². The number of nitrogens with two attached hydrogens (primary N) is 1. The van der Waals surface area contributed by atoms with Crippen molar-refractivity contribution in [3.8, 4) is 0 Å². The molecule has 0 spiro atoms. The van der Waals surface area contributed by atoms with Gasteiger partial charge in [-0.05, 0) is 63.4 Å². The summed E-state index contributed by atoms with van der Waals surface area (Å²) in [6, 6.07) is 2.77. The minimum absolute atomic E-state index is 0.0935. The fourth-order valence-electron chi connectivity index (χ4n) is 2.18. The zero-order valence-electron chi connectivity index (χ0n) is 10.9. The van der Waals surface area contributed by atoms with Gasteiger partial charge < -0.3 is 16.4 Å². The van der Waals surface area contributed by atoms with Crippen LogP contribution in [0.3, 0.4) is 0 Å². The van der Waals surface area contributed by atoms with Crippen molar-refractivity contribution >= 4 is 49.4 Å². The lowest BCUT2D eigenvalue weighted by Gasteiger charge is -2.28. The largest absolute Gasteiger partial charge is 0.397 e. The van der Waals surface area contributed by atoms with E-state index in [-0.39, 0.29) is 11.8 Å². The van der Waals surface area contributed by atoms with Crippen LogP contribution in [0.4, 0.5) is 10.5 Å². The number of nitrogens with one attached hydrogen (secondary N) is 2. The molecule has 0 saturated carbocycles. The van der Waals surface area contributed by atoms with E-state index in [1.165, 1.54) is 6.92 Å². The monoisotopic (exact) mass is 401 g/mol. The van der Waals surface area contributed by atoms with Crippen molar-refractivity contribution in [1.29, 1.82) is 0 Å². The molecule has 0 radical (unpaired) electrons. The molecule has 1 aromatic carbocycles. The zero-order chi connectivity index (χ0) is 15.0. The van der Waals surface area contributed by atoms with Gasteiger partial charge in [-0.15, -0.1) is 0 Å². The molecule has 20 heavy (non-hydrogen) atoms. The lowest BCUT2D eigenvalue weighted by atomic mass is 9.93. The maximum absolute atomic E-state index is 11.8. The van der Waals surface area contributed by atoms with Gasteiger partial charge in [-0.25, -0.2) is 4.79 Å². The van der Waals surface area contributed by atoms with Crippen LogP contribution in [0.1, 0.15) is 25.5 Å². The third kappa shape index (κ3) is 2.73.